The molecule has 94 valence electrons. The molecule has 2 aliphatic rings. The summed E-state index contributed by atoms with van der Waals surface area (Å²) in [5.41, 5.74) is 0.292. The number of nitrogens with zero attached hydrogens (tertiary/aromatic N) is 1. The van der Waals surface area contributed by atoms with E-state index >= 15 is 0 Å². The summed E-state index contributed by atoms with van der Waals surface area (Å²) >= 11 is 0. The number of likely N-dealkylation sites (tertiary alicyclic amines) is 1. The third kappa shape index (κ3) is 2.14. The number of rotatable bonds is 1. The highest BCUT2D eigenvalue weighted by atomic mass is 16.3. The number of hydrogen-bond acceptors (Lipinski definition) is 2. The Balaban J connectivity index is 2.13. The highest BCUT2D eigenvalue weighted by Crippen LogP contribution is 2.39. The van der Waals surface area contributed by atoms with Gasteiger partial charge in [0.2, 0.25) is 0 Å². The normalized spacial score (nSPS) is 44.8. The van der Waals surface area contributed by atoms with Crippen LogP contribution >= 0.6 is 0 Å². The van der Waals surface area contributed by atoms with Gasteiger partial charge in [0.25, 0.3) is 0 Å². The quantitative estimate of drug-likeness (QED) is 0.741. The maximum atomic E-state index is 10.4. The summed E-state index contributed by atoms with van der Waals surface area (Å²) in [7, 11) is 0. The number of aliphatic hydroxyl groups excluding tert-OH is 1. The molecule has 1 aliphatic heterocycles. The smallest absolute Gasteiger partial charge is 0.0700 e. The predicted molar refractivity (Wildman–Crippen MR) is 67.4 cm³/mol. The van der Waals surface area contributed by atoms with Gasteiger partial charge in [-0.2, -0.15) is 0 Å². The largest absolute Gasteiger partial charge is 0.391 e. The van der Waals surface area contributed by atoms with Crippen molar-refractivity contribution in [2.24, 2.45) is 11.8 Å². The first kappa shape index (κ1) is 12.4. The zero-order valence-corrected chi connectivity index (χ0v) is 11.2. The molecule has 16 heavy (non-hydrogen) atoms. The maximum absolute atomic E-state index is 10.4. The molecule has 2 nitrogen and oxygen atoms in total. The third-order valence-corrected chi connectivity index (χ3v) is 4.72. The highest BCUT2D eigenvalue weighted by Gasteiger charge is 2.44. The summed E-state index contributed by atoms with van der Waals surface area (Å²) in [5, 5.41) is 10.4. The van der Waals surface area contributed by atoms with Crippen molar-refractivity contribution in [3.63, 3.8) is 0 Å². The van der Waals surface area contributed by atoms with Crippen LogP contribution in [0.25, 0.3) is 0 Å². The standard InChI is InChI=1S/C14H27NO/c1-10-8-11(2)13(12(16)9-10)15-7-5-6-14(15,3)4/h10-13,16H,5-9H2,1-4H3. The second-order valence-corrected chi connectivity index (χ2v) is 6.72. The lowest BCUT2D eigenvalue weighted by Gasteiger charge is -2.47. The van der Waals surface area contributed by atoms with E-state index < -0.39 is 0 Å². The Hall–Kier alpha value is -0.0800. The molecule has 4 atom stereocenters. The molecule has 1 heterocycles. The van der Waals surface area contributed by atoms with Crippen molar-refractivity contribution in [3.05, 3.63) is 0 Å². The van der Waals surface area contributed by atoms with E-state index in [9.17, 15) is 5.11 Å². The van der Waals surface area contributed by atoms with Gasteiger partial charge in [-0.05, 0) is 57.9 Å². The van der Waals surface area contributed by atoms with Crippen LogP contribution in [-0.2, 0) is 0 Å². The van der Waals surface area contributed by atoms with Crippen LogP contribution in [0, 0.1) is 11.8 Å². The summed E-state index contributed by atoms with van der Waals surface area (Å²) in [4.78, 5) is 2.58. The van der Waals surface area contributed by atoms with Crippen LogP contribution in [-0.4, -0.2) is 34.2 Å². The maximum Gasteiger partial charge on any atom is 0.0700 e. The van der Waals surface area contributed by atoms with E-state index in [4.69, 9.17) is 0 Å². The topological polar surface area (TPSA) is 23.5 Å². The van der Waals surface area contributed by atoms with Crippen molar-refractivity contribution in [2.75, 3.05) is 6.54 Å². The monoisotopic (exact) mass is 225 g/mol. The fourth-order valence-corrected chi connectivity index (χ4v) is 4.00. The van der Waals surface area contributed by atoms with Crippen molar-refractivity contribution in [1.82, 2.24) is 4.90 Å². The highest BCUT2D eigenvalue weighted by molar-refractivity contribution is 4.98. The molecule has 0 spiro atoms. The first-order valence-corrected chi connectivity index (χ1v) is 6.86. The van der Waals surface area contributed by atoms with Gasteiger partial charge in [-0.15, -0.1) is 0 Å². The fourth-order valence-electron chi connectivity index (χ4n) is 4.00. The van der Waals surface area contributed by atoms with Crippen LogP contribution in [0.1, 0.15) is 53.4 Å². The fraction of sp³-hybridized carbons (Fsp3) is 1.00. The lowest BCUT2D eigenvalue weighted by atomic mass is 9.76. The Bertz CT molecular complexity index is 239. The third-order valence-electron chi connectivity index (χ3n) is 4.72. The van der Waals surface area contributed by atoms with Gasteiger partial charge in [0.15, 0.2) is 0 Å². The molecule has 1 saturated heterocycles. The zero-order valence-electron chi connectivity index (χ0n) is 11.2. The Kier molecular flexibility index (Phi) is 3.33. The first-order chi connectivity index (χ1) is 7.42. The van der Waals surface area contributed by atoms with E-state index in [0.29, 0.717) is 23.4 Å². The Morgan fingerprint density at radius 3 is 2.38 bits per heavy atom. The molecule has 0 radical (unpaired) electrons. The second-order valence-electron chi connectivity index (χ2n) is 6.72. The van der Waals surface area contributed by atoms with Crippen LogP contribution < -0.4 is 0 Å². The van der Waals surface area contributed by atoms with E-state index in [1.807, 2.05) is 0 Å². The predicted octanol–water partition coefficient (Wildman–Crippen LogP) is 2.66. The molecular weight excluding hydrogens is 198 g/mol. The molecule has 1 aliphatic carbocycles. The SMILES string of the molecule is CC1CC(C)C(N2CCCC2(C)C)C(O)C1. The zero-order chi connectivity index (χ0) is 11.9. The van der Waals surface area contributed by atoms with E-state index in [-0.39, 0.29) is 6.10 Å². The summed E-state index contributed by atoms with van der Waals surface area (Å²) in [6.07, 6.45) is 4.71. The average Bonchev–Trinajstić information content (AvgIpc) is 2.44. The number of aliphatic hydroxyl groups is 1. The Morgan fingerprint density at radius 1 is 1.19 bits per heavy atom. The minimum atomic E-state index is -0.115. The van der Waals surface area contributed by atoms with E-state index in [0.717, 1.165) is 6.42 Å². The van der Waals surface area contributed by atoms with Crippen molar-refractivity contribution < 1.29 is 5.11 Å². The molecule has 1 N–H and O–H groups in total. The lowest BCUT2D eigenvalue weighted by molar-refractivity contribution is -0.0473. The van der Waals surface area contributed by atoms with Crippen molar-refractivity contribution in [2.45, 2.75) is 71.1 Å². The average molecular weight is 225 g/mol. The summed E-state index contributed by atoms with van der Waals surface area (Å²) in [6, 6.07) is 0.397. The van der Waals surface area contributed by atoms with Crippen molar-refractivity contribution in [3.8, 4) is 0 Å². The Labute approximate surface area is 100 Å². The van der Waals surface area contributed by atoms with Gasteiger partial charge >= 0.3 is 0 Å². The van der Waals surface area contributed by atoms with E-state index in [2.05, 4.69) is 32.6 Å². The van der Waals surface area contributed by atoms with Crippen LogP contribution in [0.15, 0.2) is 0 Å². The summed E-state index contributed by atoms with van der Waals surface area (Å²) < 4.78 is 0. The first-order valence-electron chi connectivity index (χ1n) is 6.86. The van der Waals surface area contributed by atoms with Gasteiger partial charge < -0.3 is 5.11 Å². The van der Waals surface area contributed by atoms with Gasteiger partial charge in [-0.1, -0.05) is 13.8 Å². The molecule has 0 aromatic carbocycles. The molecule has 0 aromatic rings. The molecule has 2 heteroatoms. The minimum absolute atomic E-state index is 0.115. The van der Waals surface area contributed by atoms with Crippen LogP contribution in [0.5, 0.6) is 0 Å². The van der Waals surface area contributed by atoms with Crippen LogP contribution in [0.2, 0.25) is 0 Å². The minimum Gasteiger partial charge on any atom is -0.391 e. The van der Waals surface area contributed by atoms with Crippen LogP contribution in [0.3, 0.4) is 0 Å². The molecular formula is C14H27NO. The van der Waals surface area contributed by atoms with Gasteiger partial charge in [0.05, 0.1) is 6.10 Å². The van der Waals surface area contributed by atoms with E-state index in [1.54, 1.807) is 0 Å². The van der Waals surface area contributed by atoms with Crippen LogP contribution in [0.4, 0.5) is 0 Å². The second kappa shape index (κ2) is 4.30. The number of hydrogen-bond donors (Lipinski definition) is 1. The van der Waals surface area contributed by atoms with Gasteiger partial charge in [-0.25, -0.2) is 0 Å². The molecule has 2 fully saturated rings. The molecule has 4 unspecified atom stereocenters. The molecule has 1 saturated carbocycles. The van der Waals surface area contributed by atoms with Gasteiger partial charge in [-0.3, -0.25) is 4.90 Å². The summed E-state index contributed by atoms with van der Waals surface area (Å²) in [6.45, 7) is 10.4. The lowest BCUT2D eigenvalue weighted by Crippen LogP contribution is -2.56. The van der Waals surface area contributed by atoms with Crippen molar-refractivity contribution >= 4 is 0 Å². The molecule has 0 aromatic heterocycles. The molecule has 2 rings (SSSR count). The Morgan fingerprint density at radius 2 is 1.88 bits per heavy atom. The van der Waals surface area contributed by atoms with Gasteiger partial charge in [0, 0.05) is 11.6 Å². The van der Waals surface area contributed by atoms with E-state index in [1.165, 1.54) is 25.8 Å². The summed E-state index contributed by atoms with van der Waals surface area (Å²) in [5.74, 6) is 1.32. The molecule has 0 amide bonds. The van der Waals surface area contributed by atoms with Crippen molar-refractivity contribution in [1.29, 1.82) is 0 Å². The van der Waals surface area contributed by atoms with Gasteiger partial charge in [0.1, 0.15) is 0 Å². The molecule has 0 bridgehead atoms.